The zero-order valence-electron chi connectivity index (χ0n) is 17.0. The van der Waals surface area contributed by atoms with E-state index < -0.39 is 0 Å². The Bertz CT molecular complexity index is 591. The lowest BCUT2D eigenvalue weighted by atomic mass is 10.0. The topological polar surface area (TPSA) is 57.2 Å². The monoisotopic (exact) mass is 374 g/mol. The molecular weight excluding hydrogens is 340 g/mol. The van der Waals surface area contributed by atoms with Crippen LogP contribution >= 0.6 is 0 Å². The molecule has 1 atom stereocenters. The molecule has 6 heteroatoms. The van der Waals surface area contributed by atoms with Crippen molar-refractivity contribution in [2.75, 3.05) is 39.8 Å². The Hall–Kier alpha value is -2.24. The number of benzene rings is 1. The second-order valence-corrected chi connectivity index (χ2v) is 7.00. The van der Waals surface area contributed by atoms with E-state index in [1.807, 2.05) is 54.1 Å². The Balaban J connectivity index is 1.78. The minimum Gasteiger partial charge on any atom is -0.492 e. The van der Waals surface area contributed by atoms with Crippen molar-refractivity contribution in [3.05, 3.63) is 30.3 Å². The third-order valence-electron chi connectivity index (χ3n) is 4.85. The molecule has 6 nitrogen and oxygen atoms in total. The van der Waals surface area contributed by atoms with Gasteiger partial charge in [-0.3, -0.25) is 9.79 Å². The number of guanidine groups is 1. The smallest absolute Gasteiger partial charge is 0.224 e. The summed E-state index contributed by atoms with van der Waals surface area (Å²) in [7, 11) is 1.99. The van der Waals surface area contributed by atoms with Crippen LogP contribution in [0.5, 0.6) is 5.75 Å². The average molecular weight is 375 g/mol. The SMILES string of the molecule is CCNC(=NCCC(=O)N1CCCCC1C)N(C)CCOc1ccccc1. The zero-order valence-corrected chi connectivity index (χ0v) is 17.0. The summed E-state index contributed by atoms with van der Waals surface area (Å²) >= 11 is 0. The second-order valence-electron chi connectivity index (χ2n) is 7.00. The number of carbonyl (C=O) groups excluding carboxylic acids is 1. The van der Waals surface area contributed by atoms with Gasteiger partial charge < -0.3 is 19.9 Å². The second kappa shape index (κ2) is 11.5. The van der Waals surface area contributed by atoms with E-state index in [1.165, 1.54) is 6.42 Å². The molecule has 1 fully saturated rings. The third kappa shape index (κ3) is 7.12. The third-order valence-corrected chi connectivity index (χ3v) is 4.85. The van der Waals surface area contributed by atoms with Gasteiger partial charge in [0.1, 0.15) is 12.4 Å². The number of para-hydroxylation sites is 1. The number of likely N-dealkylation sites (tertiary alicyclic amines) is 1. The quantitative estimate of drug-likeness (QED) is 0.561. The first-order valence-electron chi connectivity index (χ1n) is 10.1. The van der Waals surface area contributed by atoms with Crippen LogP contribution in [0.15, 0.2) is 35.3 Å². The van der Waals surface area contributed by atoms with Gasteiger partial charge in [0.15, 0.2) is 5.96 Å². The number of carbonyl (C=O) groups is 1. The molecule has 1 N–H and O–H groups in total. The van der Waals surface area contributed by atoms with Crippen molar-refractivity contribution in [3.63, 3.8) is 0 Å². The summed E-state index contributed by atoms with van der Waals surface area (Å²) in [4.78, 5) is 21.1. The summed E-state index contributed by atoms with van der Waals surface area (Å²) in [5, 5.41) is 3.29. The van der Waals surface area contributed by atoms with E-state index in [-0.39, 0.29) is 5.91 Å². The summed E-state index contributed by atoms with van der Waals surface area (Å²) in [6, 6.07) is 10.2. The van der Waals surface area contributed by atoms with Gasteiger partial charge >= 0.3 is 0 Å². The van der Waals surface area contributed by atoms with E-state index in [1.54, 1.807) is 0 Å². The lowest BCUT2D eigenvalue weighted by Gasteiger charge is -2.33. The van der Waals surface area contributed by atoms with E-state index in [4.69, 9.17) is 4.74 Å². The largest absolute Gasteiger partial charge is 0.492 e. The number of amides is 1. The molecule has 1 aliphatic rings. The number of rotatable bonds is 8. The lowest BCUT2D eigenvalue weighted by Crippen LogP contribution is -2.43. The summed E-state index contributed by atoms with van der Waals surface area (Å²) in [5.74, 6) is 1.90. The Labute approximate surface area is 163 Å². The van der Waals surface area contributed by atoms with Crippen molar-refractivity contribution < 1.29 is 9.53 Å². The van der Waals surface area contributed by atoms with Crippen molar-refractivity contribution in [2.45, 2.75) is 45.6 Å². The van der Waals surface area contributed by atoms with Crippen LogP contribution in [0.25, 0.3) is 0 Å². The molecular formula is C21H34N4O2. The molecule has 1 aliphatic heterocycles. The number of hydrogen-bond donors (Lipinski definition) is 1. The van der Waals surface area contributed by atoms with Crippen LogP contribution in [0.3, 0.4) is 0 Å². The summed E-state index contributed by atoms with van der Waals surface area (Å²) in [6.07, 6.45) is 3.92. The van der Waals surface area contributed by atoms with Crippen molar-refractivity contribution in [1.82, 2.24) is 15.1 Å². The predicted molar refractivity (Wildman–Crippen MR) is 110 cm³/mol. The molecule has 1 heterocycles. The van der Waals surface area contributed by atoms with Gasteiger partial charge in [-0.2, -0.15) is 0 Å². The number of likely N-dealkylation sites (N-methyl/N-ethyl adjacent to an activating group) is 1. The molecule has 1 unspecified atom stereocenters. The minimum absolute atomic E-state index is 0.219. The molecule has 0 spiro atoms. The molecule has 0 aliphatic carbocycles. The fourth-order valence-electron chi connectivity index (χ4n) is 3.26. The summed E-state index contributed by atoms with van der Waals surface area (Å²) in [5.41, 5.74) is 0. The van der Waals surface area contributed by atoms with Gasteiger partial charge in [0.05, 0.1) is 13.1 Å². The van der Waals surface area contributed by atoms with E-state index in [0.717, 1.165) is 44.2 Å². The van der Waals surface area contributed by atoms with Crippen LogP contribution < -0.4 is 10.1 Å². The summed E-state index contributed by atoms with van der Waals surface area (Å²) in [6.45, 7) is 7.68. The predicted octanol–water partition coefficient (Wildman–Crippen LogP) is 2.75. The minimum atomic E-state index is 0.219. The first kappa shape index (κ1) is 21.1. The molecule has 0 bridgehead atoms. The highest BCUT2D eigenvalue weighted by Crippen LogP contribution is 2.17. The number of ether oxygens (including phenoxy) is 1. The molecule has 0 aromatic heterocycles. The van der Waals surface area contributed by atoms with E-state index >= 15 is 0 Å². The number of nitrogens with zero attached hydrogens (tertiary/aromatic N) is 3. The van der Waals surface area contributed by atoms with E-state index in [0.29, 0.717) is 25.6 Å². The van der Waals surface area contributed by atoms with Gasteiger partial charge in [0.2, 0.25) is 5.91 Å². The van der Waals surface area contributed by atoms with Crippen LogP contribution in [0.1, 0.15) is 39.5 Å². The van der Waals surface area contributed by atoms with Crippen molar-refractivity contribution in [3.8, 4) is 5.75 Å². The Kier molecular flexibility index (Phi) is 8.95. The number of piperidine rings is 1. The van der Waals surface area contributed by atoms with Crippen molar-refractivity contribution in [2.24, 2.45) is 4.99 Å². The molecule has 2 rings (SSSR count). The van der Waals surface area contributed by atoms with E-state index in [9.17, 15) is 4.79 Å². The van der Waals surface area contributed by atoms with Crippen LogP contribution in [-0.2, 0) is 4.79 Å². The Morgan fingerprint density at radius 1 is 1.33 bits per heavy atom. The number of aliphatic imine (C=N–C) groups is 1. The molecule has 0 radical (unpaired) electrons. The zero-order chi connectivity index (χ0) is 19.5. The van der Waals surface area contributed by atoms with Gasteiger partial charge in [-0.25, -0.2) is 0 Å². The lowest BCUT2D eigenvalue weighted by molar-refractivity contribution is -0.134. The Morgan fingerprint density at radius 3 is 2.81 bits per heavy atom. The maximum absolute atomic E-state index is 12.4. The molecule has 1 saturated heterocycles. The van der Waals surface area contributed by atoms with Gasteiger partial charge in [-0.15, -0.1) is 0 Å². The number of hydrogen-bond acceptors (Lipinski definition) is 3. The molecule has 27 heavy (non-hydrogen) atoms. The Morgan fingerprint density at radius 2 is 2.11 bits per heavy atom. The molecule has 150 valence electrons. The molecule has 1 amide bonds. The average Bonchev–Trinajstić information content (AvgIpc) is 2.68. The van der Waals surface area contributed by atoms with Gasteiger partial charge in [0.25, 0.3) is 0 Å². The normalized spacial score (nSPS) is 17.5. The number of nitrogens with one attached hydrogen (secondary N) is 1. The maximum atomic E-state index is 12.4. The highest BCUT2D eigenvalue weighted by atomic mass is 16.5. The molecule has 1 aromatic rings. The summed E-state index contributed by atoms with van der Waals surface area (Å²) < 4.78 is 5.75. The highest BCUT2D eigenvalue weighted by Gasteiger charge is 2.22. The first-order valence-corrected chi connectivity index (χ1v) is 10.1. The highest BCUT2D eigenvalue weighted by molar-refractivity contribution is 5.81. The van der Waals surface area contributed by atoms with Crippen LogP contribution in [-0.4, -0.2) is 67.5 Å². The van der Waals surface area contributed by atoms with E-state index in [2.05, 4.69) is 17.2 Å². The van der Waals surface area contributed by atoms with Gasteiger partial charge in [-0.05, 0) is 45.2 Å². The van der Waals surface area contributed by atoms with Crippen LogP contribution in [0.2, 0.25) is 0 Å². The van der Waals surface area contributed by atoms with Crippen molar-refractivity contribution >= 4 is 11.9 Å². The van der Waals surface area contributed by atoms with Crippen LogP contribution in [0.4, 0.5) is 0 Å². The molecule has 0 saturated carbocycles. The van der Waals surface area contributed by atoms with Crippen molar-refractivity contribution in [1.29, 1.82) is 0 Å². The fourth-order valence-corrected chi connectivity index (χ4v) is 3.26. The first-order chi connectivity index (χ1) is 13.1. The van der Waals surface area contributed by atoms with Gasteiger partial charge in [0, 0.05) is 32.6 Å². The van der Waals surface area contributed by atoms with Gasteiger partial charge in [-0.1, -0.05) is 18.2 Å². The molecule has 1 aromatic carbocycles. The standard InChI is InChI=1S/C21H34N4O2/c1-4-22-21(24(3)16-17-27-19-11-6-5-7-12-19)23-14-13-20(26)25-15-9-8-10-18(25)2/h5-7,11-12,18H,4,8-10,13-17H2,1-3H3,(H,22,23). The maximum Gasteiger partial charge on any atom is 0.224 e. The fraction of sp³-hybridized carbons (Fsp3) is 0.619. The van der Waals surface area contributed by atoms with Crippen LogP contribution in [0, 0.1) is 0 Å².